The summed E-state index contributed by atoms with van der Waals surface area (Å²) < 4.78 is 31.3. The van der Waals surface area contributed by atoms with E-state index in [1.54, 1.807) is 35.1 Å². The molecule has 174 valence electrons. The standard InChI is InChI=1S/C21H19F2N9OS/c1-11-4-5-16(34-11)15-7-24-19-14(32-17(8-26-30-32)21(3,22)23)6-13(9-31(15)19)20(33)28-12(2)18-25-10-27-29-18/h4-10,12H,1-3H3,(H,28,33)(H,25,27,29). The van der Waals surface area contributed by atoms with Crippen molar-refractivity contribution >= 4 is 22.9 Å². The minimum Gasteiger partial charge on any atom is -0.342 e. The number of thiophene rings is 1. The summed E-state index contributed by atoms with van der Waals surface area (Å²) in [6, 6.07) is 4.93. The van der Waals surface area contributed by atoms with Gasteiger partial charge in [-0.25, -0.2) is 9.67 Å². The van der Waals surface area contributed by atoms with Crippen LogP contribution in [-0.4, -0.2) is 45.5 Å². The molecule has 0 aliphatic rings. The van der Waals surface area contributed by atoms with Crippen LogP contribution in [0.3, 0.4) is 0 Å². The summed E-state index contributed by atoms with van der Waals surface area (Å²) in [5, 5.41) is 18.0. The van der Waals surface area contributed by atoms with Crippen LogP contribution in [0.5, 0.6) is 0 Å². The molecule has 0 aliphatic carbocycles. The van der Waals surface area contributed by atoms with Crippen LogP contribution in [0.2, 0.25) is 0 Å². The quantitative estimate of drug-likeness (QED) is 0.380. The van der Waals surface area contributed by atoms with Gasteiger partial charge in [0.05, 0.1) is 34.6 Å². The normalized spacial score (nSPS) is 12.9. The number of hydrogen-bond donors (Lipinski definition) is 2. The van der Waals surface area contributed by atoms with Crippen LogP contribution in [0.15, 0.2) is 43.1 Å². The number of alkyl halides is 2. The van der Waals surface area contributed by atoms with Crippen LogP contribution in [0, 0.1) is 6.92 Å². The molecule has 5 rings (SSSR count). The van der Waals surface area contributed by atoms with Crippen molar-refractivity contribution in [2.24, 2.45) is 0 Å². The van der Waals surface area contributed by atoms with Crippen molar-refractivity contribution < 1.29 is 13.6 Å². The van der Waals surface area contributed by atoms with Crippen molar-refractivity contribution in [1.29, 1.82) is 0 Å². The van der Waals surface area contributed by atoms with Crippen LogP contribution in [-0.2, 0) is 5.92 Å². The molecule has 0 radical (unpaired) electrons. The number of amides is 1. The molecule has 5 aromatic rings. The maximum absolute atomic E-state index is 14.3. The lowest BCUT2D eigenvalue weighted by molar-refractivity contribution is 0.0103. The number of pyridine rings is 1. The molecular weight excluding hydrogens is 464 g/mol. The maximum atomic E-state index is 14.3. The Morgan fingerprint density at radius 2 is 2.09 bits per heavy atom. The van der Waals surface area contributed by atoms with Crippen LogP contribution in [0.1, 0.15) is 46.6 Å². The van der Waals surface area contributed by atoms with Crippen LogP contribution >= 0.6 is 11.3 Å². The van der Waals surface area contributed by atoms with Crippen LogP contribution in [0.25, 0.3) is 21.9 Å². The molecule has 0 fully saturated rings. The van der Waals surface area contributed by atoms with Crippen molar-refractivity contribution in [2.45, 2.75) is 32.7 Å². The second-order valence-corrected chi connectivity index (χ2v) is 9.14. The Labute approximate surface area is 195 Å². The molecule has 5 heterocycles. The second-order valence-electron chi connectivity index (χ2n) is 7.85. The molecular formula is C21H19F2N9OS. The molecule has 0 saturated carbocycles. The number of nitrogens with one attached hydrogen (secondary N) is 2. The first-order valence-corrected chi connectivity index (χ1v) is 11.1. The minimum atomic E-state index is -3.21. The van der Waals surface area contributed by atoms with E-state index in [4.69, 9.17) is 0 Å². The summed E-state index contributed by atoms with van der Waals surface area (Å²) in [7, 11) is 0. The van der Waals surface area contributed by atoms with Gasteiger partial charge in [-0.1, -0.05) is 5.21 Å². The first-order valence-electron chi connectivity index (χ1n) is 10.3. The molecule has 0 aliphatic heterocycles. The van der Waals surface area contributed by atoms with Gasteiger partial charge < -0.3 is 10.3 Å². The number of fused-ring (bicyclic) bond motifs is 1. The number of halogens is 2. The average Bonchev–Trinajstić information content (AvgIpc) is 3.58. The summed E-state index contributed by atoms with van der Waals surface area (Å²) in [5.41, 5.74) is 1.09. The summed E-state index contributed by atoms with van der Waals surface area (Å²) in [6.07, 6.45) is 5.69. The number of aromatic nitrogens is 8. The molecule has 1 amide bonds. The maximum Gasteiger partial charge on any atom is 0.288 e. The molecule has 10 nitrogen and oxygen atoms in total. The fourth-order valence-corrected chi connectivity index (χ4v) is 4.47. The first-order chi connectivity index (χ1) is 16.2. The van der Waals surface area contributed by atoms with E-state index >= 15 is 0 Å². The summed E-state index contributed by atoms with van der Waals surface area (Å²) >= 11 is 1.56. The molecule has 34 heavy (non-hydrogen) atoms. The average molecular weight is 484 g/mol. The Balaban J connectivity index is 1.67. The Morgan fingerprint density at radius 3 is 2.76 bits per heavy atom. The third kappa shape index (κ3) is 3.83. The first kappa shape index (κ1) is 21.8. The van der Waals surface area contributed by atoms with E-state index < -0.39 is 23.6 Å². The van der Waals surface area contributed by atoms with Crippen molar-refractivity contribution in [1.82, 2.24) is 44.9 Å². The zero-order chi connectivity index (χ0) is 24.0. The monoisotopic (exact) mass is 483 g/mol. The number of carbonyl (C=O) groups excluding carboxylic acids is 1. The topological polar surface area (TPSA) is 119 Å². The zero-order valence-corrected chi connectivity index (χ0v) is 19.1. The van der Waals surface area contributed by atoms with Crippen molar-refractivity contribution in [2.75, 3.05) is 0 Å². The Bertz CT molecular complexity index is 1480. The zero-order valence-electron chi connectivity index (χ0n) is 18.3. The van der Waals surface area contributed by atoms with Gasteiger partial charge >= 0.3 is 0 Å². The van der Waals surface area contributed by atoms with Gasteiger partial charge in [0.25, 0.3) is 11.8 Å². The van der Waals surface area contributed by atoms with Gasteiger partial charge in [-0.05, 0) is 32.0 Å². The summed E-state index contributed by atoms with van der Waals surface area (Å²) in [5.74, 6) is -3.16. The number of aromatic amines is 1. The number of aryl methyl sites for hydroxylation is 1. The molecule has 0 bridgehead atoms. The number of carbonyl (C=O) groups is 1. The number of imidazole rings is 1. The lowest BCUT2D eigenvalue weighted by Gasteiger charge is -2.15. The van der Waals surface area contributed by atoms with Crippen LogP contribution in [0.4, 0.5) is 8.78 Å². The molecule has 2 N–H and O–H groups in total. The Hall–Kier alpha value is -4.00. The third-order valence-electron chi connectivity index (χ3n) is 5.26. The van der Waals surface area contributed by atoms with E-state index in [1.807, 2.05) is 19.1 Å². The van der Waals surface area contributed by atoms with Gasteiger partial charge in [-0.15, -0.1) is 26.6 Å². The highest BCUT2D eigenvalue weighted by Crippen LogP contribution is 2.33. The van der Waals surface area contributed by atoms with E-state index in [9.17, 15) is 13.6 Å². The van der Waals surface area contributed by atoms with E-state index in [0.717, 1.165) is 33.3 Å². The minimum absolute atomic E-state index is 0.202. The highest BCUT2D eigenvalue weighted by molar-refractivity contribution is 7.15. The summed E-state index contributed by atoms with van der Waals surface area (Å²) in [6.45, 7) is 4.50. The third-order valence-corrected chi connectivity index (χ3v) is 6.29. The summed E-state index contributed by atoms with van der Waals surface area (Å²) in [4.78, 5) is 22.5. The highest BCUT2D eigenvalue weighted by atomic mass is 32.1. The van der Waals surface area contributed by atoms with E-state index in [0.29, 0.717) is 11.5 Å². The fourth-order valence-electron chi connectivity index (χ4n) is 3.59. The Kier molecular flexibility index (Phi) is 5.20. The molecule has 13 heteroatoms. The predicted molar refractivity (Wildman–Crippen MR) is 120 cm³/mol. The van der Waals surface area contributed by atoms with Gasteiger partial charge in [0.2, 0.25) is 0 Å². The second kappa shape index (κ2) is 8.09. The lowest BCUT2D eigenvalue weighted by atomic mass is 10.2. The highest BCUT2D eigenvalue weighted by Gasteiger charge is 2.31. The molecule has 0 saturated heterocycles. The molecule has 5 aromatic heterocycles. The lowest BCUT2D eigenvalue weighted by Crippen LogP contribution is -2.28. The van der Waals surface area contributed by atoms with E-state index in [1.165, 1.54) is 12.4 Å². The molecule has 0 spiro atoms. The van der Waals surface area contributed by atoms with Gasteiger partial charge in [0.15, 0.2) is 11.5 Å². The fraction of sp³-hybridized carbons (Fsp3) is 0.238. The molecule has 0 aromatic carbocycles. The Morgan fingerprint density at radius 1 is 1.26 bits per heavy atom. The molecule has 1 atom stereocenters. The molecule has 1 unspecified atom stereocenters. The van der Waals surface area contributed by atoms with Gasteiger partial charge in [0, 0.05) is 18.0 Å². The van der Waals surface area contributed by atoms with Crippen molar-refractivity contribution in [3.8, 4) is 16.3 Å². The van der Waals surface area contributed by atoms with Crippen molar-refractivity contribution in [3.05, 3.63) is 65.1 Å². The number of nitrogens with zero attached hydrogens (tertiary/aromatic N) is 7. The van der Waals surface area contributed by atoms with Crippen LogP contribution < -0.4 is 5.32 Å². The largest absolute Gasteiger partial charge is 0.342 e. The van der Waals surface area contributed by atoms with E-state index in [-0.39, 0.29) is 11.3 Å². The van der Waals surface area contributed by atoms with E-state index in [2.05, 4.69) is 35.8 Å². The smallest absolute Gasteiger partial charge is 0.288 e. The number of hydrogen-bond acceptors (Lipinski definition) is 7. The number of rotatable bonds is 6. The SMILES string of the molecule is Cc1ccc(-c2cnc3c(-n4nncc4C(C)(F)F)cc(C(=O)NC(C)c4nnc[nH]4)cn23)s1. The van der Waals surface area contributed by atoms with Crippen molar-refractivity contribution in [3.63, 3.8) is 0 Å². The van der Waals surface area contributed by atoms with Gasteiger partial charge in [0.1, 0.15) is 17.7 Å². The van der Waals surface area contributed by atoms with Gasteiger partial charge in [-0.2, -0.15) is 8.78 Å². The van der Waals surface area contributed by atoms with Gasteiger partial charge in [-0.3, -0.25) is 9.20 Å². The predicted octanol–water partition coefficient (Wildman–Crippen LogP) is 3.67. The number of H-pyrrole nitrogens is 1.